The number of likely N-dealkylation sites (N-methyl/N-ethyl adjacent to an activating group) is 1. The first kappa shape index (κ1) is 26.9. The molecule has 0 bridgehead atoms. The Bertz CT molecular complexity index is 1550. The number of nitrogen functional groups attached to an aromatic ring is 1. The van der Waals surface area contributed by atoms with E-state index < -0.39 is 0 Å². The highest BCUT2D eigenvalue weighted by atomic mass is 16.5. The topological polar surface area (TPSA) is 114 Å². The molecule has 1 saturated heterocycles. The molecule has 3 N–H and O–H groups in total. The number of hydrogen-bond donors (Lipinski definition) is 2. The van der Waals surface area contributed by atoms with Gasteiger partial charge in [-0.2, -0.15) is 0 Å². The van der Waals surface area contributed by atoms with Gasteiger partial charge in [0, 0.05) is 43.3 Å². The molecule has 1 amide bonds. The summed E-state index contributed by atoms with van der Waals surface area (Å²) in [6, 6.07) is 14.0. The first-order chi connectivity index (χ1) is 20.0. The molecule has 0 unspecified atom stereocenters. The number of nitrogens with one attached hydrogen (secondary N) is 1. The van der Waals surface area contributed by atoms with Gasteiger partial charge in [0.2, 0.25) is 0 Å². The van der Waals surface area contributed by atoms with Gasteiger partial charge in [-0.1, -0.05) is 12.1 Å². The molecule has 0 spiro atoms. The van der Waals surface area contributed by atoms with Gasteiger partial charge in [0.25, 0.3) is 11.9 Å². The summed E-state index contributed by atoms with van der Waals surface area (Å²) in [7, 11) is 3.86. The number of amides is 1. The molecule has 10 nitrogen and oxygen atoms in total. The van der Waals surface area contributed by atoms with Crippen molar-refractivity contribution in [3.63, 3.8) is 0 Å². The van der Waals surface area contributed by atoms with Crippen LogP contribution in [0.3, 0.4) is 0 Å². The molecule has 0 saturated carbocycles. The predicted molar refractivity (Wildman–Crippen MR) is 160 cm³/mol. The average molecular weight is 553 g/mol. The van der Waals surface area contributed by atoms with Crippen LogP contribution >= 0.6 is 0 Å². The highest BCUT2D eigenvalue weighted by Crippen LogP contribution is 2.34. The number of rotatable bonds is 7. The van der Waals surface area contributed by atoms with Crippen molar-refractivity contribution in [2.45, 2.75) is 25.7 Å². The van der Waals surface area contributed by atoms with Gasteiger partial charge in [-0.15, -0.1) is 5.10 Å². The van der Waals surface area contributed by atoms with E-state index in [2.05, 4.69) is 50.4 Å². The summed E-state index contributed by atoms with van der Waals surface area (Å²) in [6.07, 6.45) is 7.35. The molecular weight excluding hydrogens is 516 g/mol. The van der Waals surface area contributed by atoms with Crippen LogP contribution in [-0.4, -0.2) is 82.3 Å². The first-order valence-corrected chi connectivity index (χ1v) is 14.2. The van der Waals surface area contributed by atoms with Crippen molar-refractivity contribution in [2.24, 2.45) is 0 Å². The molecule has 3 heterocycles. The SMILES string of the molecule is COc1ccc2c(c1)CCc1cnc(-n3cc(C(=O)Nc4ccc(CCN5CCCN(C)CC5)cc4)c(N)n3)nc1-2. The largest absolute Gasteiger partial charge is 0.497 e. The fourth-order valence-electron chi connectivity index (χ4n) is 5.56. The normalized spacial score (nSPS) is 15.6. The van der Waals surface area contributed by atoms with E-state index in [0.717, 1.165) is 68.0 Å². The zero-order valence-corrected chi connectivity index (χ0v) is 23.6. The number of methoxy groups -OCH3 is 1. The maximum atomic E-state index is 13.1. The number of nitrogens with zero attached hydrogens (tertiary/aromatic N) is 6. The molecule has 2 aromatic heterocycles. The Morgan fingerprint density at radius 3 is 2.71 bits per heavy atom. The Balaban J connectivity index is 1.12. The lowest BCUT2D eigenvalue weighted by atomic mass is 9.90. The third kappa shape index (κ3) is 5.94. The zero-order chi connectivity index (χ0) is 28.3. The highest BCUT2D eigenvalue weighted by molar-refractivity contribution is 6.07. The molecule has 2 aliphatic rings. The number of ether oxygens (including phenoxy) is 1. The van der Waals surface area contributed by atoms with E-state index in [9.17, 15) is 4.79 Å². The number of fused-ring (bicyclic) bond motifs is 3. The Morgan fingerprint density at radius 1 is 1.05 bits per heavy atom. The monoisotopic (exact) mass is 552 g/mol. The second-order valence-electron chi connectivity index (χ2n) is 10.8. The van der Waals surface area contributed by atoms with Crippen LogP contribution in [0.2, 0.25) is 0 Å². The van der Waals surface area contributed by atoms with E-state index in [1.807, 2.05) is 30.5 Å². The quantitative estimate of drug-likeness (QED) is 0.358. The van der Waals surface area contributed by atoms with Crippen molar-refractivity contribution in [1.82, 2.24) is 29.5 Å². The molecule has 6 rings (SSSR count). The smallest absolute Gasteiger partial charge is 0.261 e. The molecule has 0 radical (unpaired) electrons. The number of nitrogens with two attached hydrogens (primary N) is 1. The van der Waals surface area contributed by atoms with Crippen molar-refractivity contribution < 1.29 is 9.53 Å². The van der Waals surface area contributed by atoms with Crippen LogP contribution in [0, 0.1) is 0 Å². The average Bonchev–Trinajstić information content (AvgIpc) is 3.27. The summed E-state index contributed by atoms with van der Waals surface area (Å²) in [5, 5.41) is 7.29. The lowest BCUT2D eigenvalue weighted by molar-refractivity contribution is 0.102. The van der Waals surface area contributed by atoms with E-state index in [4.69, 9.17) is 15.5 Å². The molecule has 1 aliphatic carbocycles. The predicted octanol–water partition coefficient (Wildman–Crippen LogP) is 3.45. The van der Waals surface area contributed by atoms with Crippen molar-refractivity contribution in [2.75, 3.05) is 57.9 Å². The molecule has 4 aromatic rings. The number of hydrogen-bond acceptors (Lipinski definition) is 8. The molecule has 2 aromatic carbocycles. The minimum absolute atomic E-state index is 0.119. The Labute approximate surface area is 240 Å². The van der Waals surface area contributed by atoms with Gasteiger partial charge in [0.05, 0.1) is 12.8 Å². The molecule has 10 heteroatoms. The van der Waals surface area contributed by atoms with E-state index in [1.54, 1.807) is 13.3 Å². The Kier molecular flexibility index (Phi) is 7.67. The van der Waals surface area contributed by atoms with Gasteiger partial charge in [0.1, 0.15) is 11.3 Å². The highest BCUT2D eigenvalue weighted by Gasteiger charge is 2.22. The molecule has 41 heavy (non-hydrogen) atoms. The van der Waals surface area contributed by atoms with Crippen molar-refractivity contribution in [3.05, 3.63) is 77.1 Å². The molecular formula is C31H36N8O2. The van der Waals surface area contributed by atoms with E-state index in [1.165, 1.54) is 28.8 Å². The summed E-state index contributed by atoms with van der Waals surface area (Å²) in [5.74, 6) is 0.977. The standard InChI is InChI=1S/C31H36N8O2/c1-37-13-3-14-38(17-16-37)15-12-21-4-8-24(9-5-21)34-30(40)27-20-39(36-29(27)32)31-33-19-23-7-6-22-18-25(41-2)10-11-26(22)28(23)35-31/h4-5,8-11,18-20H,3,6-7,12-17H2,1-2H3,(H2,32,36)(H,34,40). The molecule has 212 valence electrons. The van der Waals surface area contributed by atoms with Gasteiger partial charge >= 0.3 is 0 Å². The maximum absolute atomic E-state index is 13.1. The summed E-state index contributed by atoms with van der Waals surface area (Å²) < 4.78 is 6.85. The maximum Gasteiger partial charge on any atom is 0.261 e. The Morgan fingerprint density at radius 2 is 1.88 bits per heavy atom. The van der Waals surface area contributed by atoms with Crippen LogP contribution in [-0.2, 0) is 19.3 Å². The number of benzene rings is 2. The van der Waals surface area contributed by atoms with Crippen LogP contribution in [0.25, 0.3) is 17.2 Å². The third-order valence-corrected chi connectivity index (χ3v) is 8.02. The van der Waals surface area contributed by atoms with Gasteiger partial charge < -0.3 is 25.6 Å². The van der Waals surface area contributed by atoms with Crippen molar-refractivity contribution in [3.8, 4) is 23.0 Å². The van der Waals surface area contributed by atoms with Crippen LogP contribution in [0.15, 0.2) is 54.9 Å². The zero-order valence-electron chi connectivity index (χ0n) is 23.6. The van der Waals surface area contributed by atoms with E-state index >= 15 is 0 Å². The second kappa shape index (κ2) is 11.7. The second-order valence-corrected chi connectivity index (χ2v) is 10.8. The van der Waals surface area contributed by atoms with Crippen LogP contribution in [0.5, 0.6) is 5.75 Å². The molecule has 0 atom stereocenters. The van der Waals surface area contributed by atoms with Crippen LogP contribution < -0.4 is 15.8 Å². The number of anilines is 2. The molecule has 1 fully saturated rings. The van der Waals surface area contributed by atoms with Crippen molar-refractivity contribution in [1.29, 1.82) is 0 Å². The summed E-state index contributed by atoms with van der Waals surface area (Å²) >= 11 is 0. The number of carbonyl (C=O) groups excluding carboxylic acids is 1. The van der Waals surface area contributed by atoms with Crippen molar-refractivity contribution >= 4 is 17.4 Å². The minimum atomic E-state index is -0.328. The Hall–Kier alpha value is -4.28. The van der Waals surface area contributed by atoms with Crippen LogP contribution in [0.4, 0.5) is 11.5 Å². The third-order valence-electron chi connectivity index (χ3n) is 8.02. The van der Waals surface area contributed by atoms with Crippen LogP contribution in [0.1, 0.15) is 33.5 Å². The molecule has 1 aliphatic heterocycles. The van der Waals surface area contributed by atoms with E-state index in [-0.39, 0.29) is 17.3 Å². The summed E-state index contributed by atoms with van der Waals surface area (Å²) in [5.41, 5.74) is 12.6. The van der Waals surface area contributed by atoms with Gasteiger partial charge in [-0.05, 0) is 92.8 Å². The summed E-state index contributed by atoms with van der Waals surface area (Å²) in [6.45, 7) is 5.58. The summed E-state index contributed by atoms with van der Waals surface area (Å²) in [4.78, 5) is 27.3. The number of carbonyl (C=O) groups is 1. The lowest BCUT2D eigenvalue weighted by Crippen LogP contribution is -2.30. The van der Waals surface area contributed by atoms with Gasteiger partial charge in [-0.3, -0.25) is 4.79 Å². The lowest BCUT2D eigenvalue weighted by Gasteiger charge is -2.20. The number of aryl methyl sites for hydroxylation is 2. The van der Waals surface area contributed by atoms with Gasteiger partial charge in [0.15, 0.2) is 5.82 Å². The van der Waals surface area contributed by atoms with E-state index in [0.29, 0.717) is 11.6 Å². The fourth-order valence-corrected chi connectivity index (χ4v) is 5.56. The fraction of sp³-hybridized carbons (Fsp3) is 0.355. The minimum Gasteiger partial charge on any atom is -0.497 e. The number of aromatic nitrogens is 4. The first-order valence-electron chi connectivity index (χ1n) is 14.2. The van der Waals surface area contributed by atoms with Gasteiger partial charge in [-0.25, -0.2) is 14.6 Å².